The molecule has 0 spiro atoms. The van der Waals surface area contributed by atoms with Crippen LogP contribution in [0.2, 0.25) is 0 Å². The molecule has 3 N–H and O–H groups in total. The van der Waals surface area contributed by atoms with E-state index >= 15 is 0 Å². The highest BCUT2D eigenvalue weighted by Gasteiger charge is 2.41. The van der Waals surface area contributed by atoms with Gasteiger partial charge < -0.3 is 25.1 Å². The van der Waals surface area contributed by atoms with Crippen LogP contribution in [0, 0.1) is 5.92 Å². The lowest BCUT2D eigenvalue weighted by Crippen LogP contribution is -2.51. The van der Waals surface area contributed by atoms with Gasteiger partial charge >= 0.3 is 12.0 Å². The van der Waals surface area contributed by atoms with Gasteiger partial charge in [-0.2, -0.15) is 0 Å². The molecule has 1 unspecified atom stereocenters. The molecule has 2 saturated heterocycles. The molecule has 0 radical (unpaired) electrons. The molecule has 0 saturated carbocycles. The number of aliphatic hydroxyl groups excluding tert-OH is 2. The number of carbonyl (C=O) groups is 2. The smallest absolute Gasteiger partial charge is 0.326 e. The molecule has 7 nitrogen and oxygen atoms in total. The van der Waals surface area contributed by atoms with E-state index in [-0.39, 0.29) is 31.5 Å². The average Bonchev–Trinajstić information content (AvgIpc) is 2.81. The van der Waals surface area contributed by atoms with Crippen LogP contribution in [0.5, 0.6) is 0 Å². The second kappa shape index (κ2) is 6.41. The second-order valence-corrected chi connectivity index (χ2v) is 5.65. The van der Waals surface area contributed by atoms with Crippen molar-refractivity contribution >= 4 is 12.0 Å². The highest BCUT2D eigenvalue weighted by atomic mass is 16.4. The highest BCUT2D eigenvalue weighted by Crippen LogP contribution is 2.24. The molecule has 0 aromatic heterocycles. The van der Waals surface area contributed by atoms with Crippen LogP contribution in [0.4, 0.5) is 4.79 Å². The summed E-state index contributed by atoms with van der Waals surface area (Å²) in [5, 5.41) is 27.7. The lowest BCUT2D eigenvalue weighted by Gasteiger charge is -2.36. The molecule has 0 bridgehead atoms. The van der Waals surface area contributed by atoms with Crippen molar-refractivity contribution < 1.29 is 24.9 Å². The van der Waals surface area contributed by atoms with Crippen LogP contribution in [0.1, 0.15) is 25.7 Å². The fraction of sp³-hybridized carbons (Fsp3) is 0.846. The minimum atomic E-state index is -1.07. The van der Waals surface area contributed by atoms with Crippen LogP contribution >= 0.6 is 0 Å². The number of carboxylic acids is 1. The van der Waals surface area contributed by atoms with Gasteiger partial charge in [0, 0.05) is 32.7 Å². The number of piperidine rings is 1. The van der Waals surface area contributed by atoms with Crippen LogP contribution in [0.25, 0.3) is 0 Å². The fourth-order valence-corrected chi connectivity index (χ4v) is 3.10. The van der Waals surface area contributed by atoms with Gasteiger partial charge in [0.05, 0.1) is 6.10 Å². The summed E-state index contributed by atoms with van der Waals surface area (Å²) in [6.07, 6.45) is 1.84. The van der Waals surface area contributed by atoms with Gasteiger partial charge in [0.15, 0.2) is 0 Å². The topological polar surface area (TPSA) is 101 Å². The van der Waals surface area contributed by atoms with Gasteiger partial charge in [0.2, 0.25) is 0 Å². The first kappa shape index (κ1) is 15.1. The van der Waals surface area contributed by atoms with Crippen LogP contribution in [-0.4, -0.2) is 75.5 Å². The van der Waals surface area contributed by atoms with Gasteiger partial charge in [-0.3, -0.25) is 0 Å². The lowest BCUT2D eigenvalue weighted by molar-refractivity contribution is -0.141. The Bertz CT molecular complexity index is 374. The summed E-state index contributed by atoms with van der Waals surface area (Å²) in [4.78, 5) is 26.5. The number of rotatable bonds is 3. The third-order valence-electron chi connectivity index (χ3n) is 4.14. The van der Waals surface area contributed by atoms with Crippen molar-refractivity contribution in [3.05, 3.63) is 0 Å². The Morgan fingerprint density at radius 3 is 2.65 bits per heavy atom. The van der Waals surface area contributed by atoms with Crippen molar-refractivity contribution in [2.75, 3.05) is 26.2 Å². The number of carboxylic acid groups (broad SMARTS) is 1. The molecular formula is C13H22N2O5. The summed E-state index contributed by atoms with van der Waals surface area (Å²) in [6.45, 7) is 1.35. The molecule has 7 heteroatoms. The van der Waals surface area contributed by atoms with Crippen molar-refractivity contribution in [2.45, 2.75) is 37.8 Å². The first-order valence-electron chi connectivity index (χ1n) is 7.10. The minimum absolute atomic E-state index is 0.0803. The van der Waals surface area contributed by atoms with Gasteiger partial charge in [-0.05, 0) is 25.2 Å². The molecule has 2 heterocycles. The van der Waals surface area contributed by atoms with E-state index in [2.05, 4.69) is 0 Å². The molecule has 2 fully saturated rings. The summed E-state index contributed by atoms with van der Waals surface area (Å²) in [6, 6.07) is -1.24. The van der Waals surface area contributed by atoms with Gasteiger partial charge in [0.25, 0.3) is 0 Å². The predicted molar refractivity (Wildman–Crippen MR) is 70.1 cm³/mol. The summed E-state index contributed by atoms with van der Waals surface area (Å²) < 4.78 is 0. The molecule has 3 atom stereocenters. The Balaban J connectivity index is 2.00. The molecule has 0 aromatic rings. The molecule has 2 amide bonds. The van der Waals surface area contributed by atoms with Crippen LogP contribution in [0.15, 0.2) is 0 Å². The summed E-state index contributed by atoms with van der Waals surface area (Å²) in [7, 11) is 0. The number of aliphatic carboxylic acids is 1. The third kappa shape index (κ3) is 3.21. The molecule has 0 aromatic carbocycles. The molecule has 2 aliphatic rings. The van der Waals surface area contributed by atoms with Crippen molar-refractivity contribution in [1.29, 1.82) is 0 Å². The quantitative estimate of drug-likeness (QED) is 0.662. The Morgan fingerprint density at radius 2 is 2.00 bits per heavy atom. The summed E-state index contributed by atoms with van der Waals surface area (Å²) >= 11 is 0. The van der Waals surface area contributed by atoms with E-state index < -0.39 is 18.1 Å². The van der Waals surface area contributed by atoms with E-state index in [1.54, 1.807) is 4.90 Å². The average molecular weight is 286 g/mol. The maximum atomic E-state index is 12.4. The molecule has 0 aliphatic carbocycles. The van der Waals surface area contributed by atoms with Crippen LogP contribution in [0.3, 0.4) is 0 Å². The van der Waals surface area contributed by atoms with E-state index in [9.17, 15) is 14.7 Å². The molecule has 2 rings (SSSR count). The normalized spacial score (nSPS) is 30.6. The number of hydrogen-bond donors (Lipinski definition) is 3. The monoisotopic (exact) mass is 286 g/mol. The van der Waals surface area contributed by atoms with Crippen molar-refractivity contribution in [3.63, 3.8) is 0 Å². The highest BCUT2D eigenvalue weighted by molar-refractivity contribution is 5.83. The summed E-state index contributed by atoms with van der Waals surface area (Å²) in [5.74, 6) is -0.799. The number of β-amino-alcohol motifs (C(OH)–C–C–N with tert-alkyl or cyclic N) is 1. The number of aliphatic hydroxyl groups is 2. The number of carbonyl (C=O) groups excluding carboxylic acids is 1. The largest absolute Gasteiger partial charge is 0.480 e. The van der Waals surface area contributed by atoms with Crippen LogP contribution in [-0.2, 0) is 4.79 Å². The Hall–Kier alpha value is -1.34. The van der Waals surface area contributed by atoms with Gasteiger partial charge in [0.1, 0.15) is 6.04 Å². The standard InChI is InChI=1S/C13H22N2O5/c16-5-3-9-2-1-4-14(7-9)13(20)15-8-10(17)6-11(15)12(18)19/h9-11,16-17H,1-8H2,(H,18,19)/t9?,10-,11-/m1/s1. The molecule has 2 aliphatic heterocycles. The molecular weight excluding hydrogens is 264 g/mol. The van der Waals surface area contributed by atoms with E-state index in [4.69, 9.17) is 10.2 Å². The van der Waals surface area contributed by atoms with E-state index in [0.717, 1.165) is 12.8 Å². The Labute approximate surface area is 117 Å². The summed E-state index contributed by atoms with van der Waals surface area (Å²) in [5.41, 5.74) is 0. The first-order valence-corrected chi connectivity index (χ1v) is 7.10. The second-order valence-electron chi connectivity index (χ2n) is 5.65. The third-order valence-corrected chi connectivity index (χ3v) is 4.14. The lowest BCUT2D eigenvalue weighted by atomic mass is 9.95. The van der Waals surface area contributed by atoms with E-state index in [1.165, 1.54) is 4.90 Å². The number of likely N-dealkylation sites (tertiary alicyclic amines) is 2. The van der Waals surface area contributed by atoms with Gasteiger partial charge in [-0.15, -0.1) is 0 Å². The molecule has 114 valence electrons. The Kier molecular flexibility index (Phi) is 4.82. The maximum Gasteiger partial charge on any atom is 0.326 e. The molecule has 20 heavy (non-hydrogen) atoms. The number of hydrogen-bond acceptors (Lipinski definition) is 4. The van der Waals surface area contributed by atoms with Gasteiger partial charge in [-0.1, -0.05) is 0 Å². The SMILES string of the molecule is O=C(O)[C@H]1C[C@@H](O)CN1C(=O)N1CCCC(CCO)C1. The van der Waals surface area contributed by atoms with Crippen molar-refractivity contribution in [2.24, 2.45) is 5.92 Å². The zero-order valence-electron chi connectivity index (χ0n) is 11.4. The predicted octanol–water partition coefficient (Wildman–Crippen LogP) is -0.279. The fourth-order valence-electron chi connectivity index (χ4n) is 3.10. The van der Waals surface area contributed by atoms with E-state index in [0.29, 0.717) is 19.5 Å². The number of urea groups is 1. The first-order chi connectivity index (χ1) is 9.52. The minimum Gasteiger partial charge on any atom is -0.480 e. The zero-order chi connectivity index (χ0) is 14.7. The Morgan fingerprint density at radius 1 is 1.25 bits per heavy atom. The zero-order valence-corrected chi connectivity index (χ0v) is 11.4. The van der Waals surface area contributed by atoms with Gasteiger partial charge in [-0.25, -0.2) is 9.59 Å². The van der Waals surface area contributed by atoms with E-state index in [1.807, 2.05) is 0 Å². The number of nitrogens with zero attached hydrogens (tertiary/aromatic N) is 2. The van der Waals surface area contributed by atoms with Crippen LogP contribution < -0.4 is 0 Å². The van der Waals surface area contributed by atoms with Crippen molar-refractivity contribution in [3.8, 4) is 0 Å². The maximum absolute atomic E-state index is 12.4. The van der Waals surface area contributed by atoms with Crippen molar-refractivity contribution in [1.82, 2.24) is 9.80 Å². The number of amides is 2.